The smallest absolute Gasteiger partial charge is 0.305 e. The van der Waals surface area contributed by atoms with Crippen LogP contribution in [0.5, 0.6) is 0 Å². The minimum atomic E-state index is -0.743. The highest BCUT2D eigenvalue weighted by molar-refractivity contribution is 6.18. The second-order valence-electron chi connectivity index (χ2n) is 5.78. The van der Waals surface area contributed by atoms with E-state index in [4.69, 9.17) is 21.4 Å². The summed E-state index contributed by atoms with van der Waals surface area (Å²) in [5.74, 6) is -0.124. The number of unbranched alkanes of at least 4 members (excludes halogenated alkanes) is 10. The summed E-state index contributed by atoms with van der Waals surface area (Å²) in [4.78, 5) is 11.3. The van der Waals surface area contributed by atoms with Gasteiger partial charge in [-0.1, -0.05) is 71.1 Å². The number of aliphatic hydroxyl groups excluding tert-OH is 1. The Morgan fingerprint density at radius 3 is 1.90 bits per heavy atom. The van der Waals surface area contributed by atoms with Crippen molar-refractivity contribution < 1.29 is 14.6 Å². The molecule has 1 N–H and O–H groups in total. The van der Waals surface area contributed by atoms with Crippen LogP contribution in [0.3, 0.4) is 0 Å². The van der Waals surface area contributed by atoms with Gasteiger partial charge in [0.15, 0.2) is 0 Å². The van der Waals surface area contributed by atoms with Gasteiger partial charge in [-0.2, -0.15) is 0 Å². The summed E-state index contributed by atoms with van der Waals surface area (Å²) in [6.07, 6.45) is 13.6. The van der Waals surface area contributed by atoms with E-state index in [0.29, 0.717) is 6.42 Å². The Kier molecular flexibility index (Phi) is 15.9. The van der Waals surface area contributed by atoms with Gasteiger partial charge in [-0.15, -0.1) is 11.6 Å². The first-order valence-electron chi connectivity index (χ1n) is 8.60. The minimum Gasteiger partial charge on any atom is -0.463 e. The van der Waals surface area contributed by atoms with Crippen LogP contribution in [-0.2, 0) is 9.53 Å². The Bertz CT molecular complexity index is 234. The molecule has 0 unspecified atom stereocenters. The number of carbonyl (C=O) groups is 1. The summed E-state index contributed by atoms with van der Waals surface area (Å²) < 4.78 is 4.91. The van der Waals surface area contributed by atoms with E-state index in [1.165, 1.54) is 57.8 Å². The topological polar surface area (TPSA) is 46.5 Å². The molecular weight excluding hydrogens is 288 g/mol. The lowest BCUT2D eigenvalue weighted by Gasteiger charge is -2.08. The fraction of sp³-hybridized carbons (Fsp3) is 0.941. The Balaban J connectivity index is 3.16. The van der Waals surface area contributed by atoms with Crippen LogP contribution >= 0.6 is 11.6 Å². The largest absolute Gasteiger partial charge is 0.463 e. The van der Waals surface area contributed by atoms with Crippen LogP contribution in [0.25, 0.3) is 0 Å². The fourth-order valence-corrected chi connectivity index (χ4v) is 2.33. The molecule has 0 aliphatic carbocycles. The van der Waals surface area contributed by atoms with Gasteiger partial charge >= 0.3 is 5.97 Å². The van der Waals surface area contributed by atoms with Crippen molar-refractivity contribution in [2.45, 2.75) is 90.1 Å². The maximum absolute atomic E-state index is 11.3. The maximum Gasteiger partial charge on any atom is 0.305 e. The van der Waals surface area contributed by atoms with Crippen molar-refractivity contribution >= 4 is 17.6 Å². The van der Waals surface area contributed by atoms with E-state index in [1.54, 1.807) is 0 Å². The molecule has 0 aromatic carbocycles. The zero-order valence-corrected chi connectivity index (χ0v) is 14.4. The van der Waals surface area contributed by atoms with E-state index < -0.39 is 6.10 Å². The van der Waals surface area contributed by atoms with Crippen molar-refractivity contribution in [3.05, 3.63) is 0 Å². The molecule has 3 nitrogen and oxygen atoms in total. The molecule has 0 aromatic heterocycles. The number of rotatable bonds is 15. The van der Waals surface area contributed by atoms with E-state index in [0.717, 1.165) is 12.8 Å². The van der Waals surface area contributed by atoms with Crippen molar-refractivity contribution in [1.29, 1.82) is 0 Å². The zero-order valence-electron chi connectivity index (χ0n) is 13.6. The summed E-state index contributed by atoms with van der Waals surface area (Å²) >= 11 is 5.42. The predicted octanol–water partition coefficient (Wildman–Crippen LogP) is 4.83. The minimum absolute atomic E-state index is 0.0143. The van der Waals surface area contributed by atoms with Crippen molar-refractivity contribution in [2.24, 2.45) is 0 Å². The molecule has 4 heteroatoms. The first-order chi connectivity index (χ1) is 10.2. The summed E-state index contributed by atoms with van der Waals surface area (Å²) in [6.45, 7) is 2.26. The number of esters is 1. The Morgan fingerprint density at radius 1 is 0.952 bits per heavy atom. The summed E-state index contributed by atoms with van der Waals surface area (Å²) in [6, 6.07) is 0. The van der Waals surface area contributed by atoms with Crippen LogP contribution < -0.4 is 0 Å². The molecule has 0 fully saturated rings. The second-order valence-corrected chi connectivity index (χ2v) is 6.09. The highest BCUT2D eigenvalue weighted by Crippen LogP contribution is 2.12. The van der Waals surface area contributed by atoms with E-state index in [2.05, 4.69) is 6.92 Å². The highest BCUT2D eigenvalue weighted by Gasteiger charge is 2.07. The quantitative estimate of drug-likeness (QED) is 0.267. The molecule has 0 saturated heterocycles. The maximum atomic E-state index is 11.3. The Morgan fingerprint density at radius 2 is 1.43 bits per heavy atom. The number of aliphatic hydroxyl groups is 1. The van der Waals surface area contributed by atoms with Crippen LogP contribution in [0.15, 0.2) is 0 Å². The molecule has 126 valence electrons. The van der Waals surface area contributed by atoms with E-state index in [1.807, 2.05) is 0 Å². The lowest BCUT2D eigenvalue weighted by Crippen LogP contribution is -2.19. The van der Waals surface area contributed by atoms with Crippen LogP contribution in [0.1, 0.15) is 84.0 Å². The number of ether oxygens (including phenoxy) is 1. The number of carbonyl (C=O) groups excluding carboxylic acids is 1. The number of halogens is 1. The van der Waals surface area contributed by atoms with Gasteiger partial charge in [0.25, 0.3) is 0 Å². The van der Waals surface area contributed by atoms with Crippen molar-refractivity contribution in [2.75, 3.05) is 12.5 Å². The number of hydrogen-bond donors (Lipinski definition) is 1. The van der Waals surface area contributed by atoms with E-state index >= 15 is 0 Å². The van der Waals surface area contributed by atoms with Gasteiger partial charge in [-0.3, -0.25) is 4.79 Å². The average molecular weight is 321 g/mol. The molecule has 0 heterocycles. The van der Waals surface area contributed by atoms with Crippen LogP contribution in [0.2, 0.25) is 0 Å². The van der Waals surface area contributed by atoms with Crippen LogP contribution in [-0.4, -0.2) is 29.7 Å². The monoisotopic (exact) mass is 320 g/mol. The normalized spacial score (nSPS) is 12.3. The molecule has 0 aliphatic rings. The van der Waals surface area contributed by atoms with E-state index in [9.17, 15) is 4.79 Å². The van der Waals surface area contributed by atoms with Gasteiger partial charge < -0.3 is 9.84 Å². The summed E-state index contributed by atoms with van der Waals surface area (Å²) in [5.41, 5.74) is 0. The molecule has 0 amide bonds. The summed E-state index contributed by atoms with van der Waals surface area (Å²) in [5, 5.41) is 9.16. The van der Waals surface area contributed by atoms with Crippen molar-refractivity contribution in [3.63, 3.8) is 0 Å². The van der Waals surface area contributed by atoms with Crippen LogP contribution in [0.4, 0.5) is 0 Å². The SMILES string of the molecule is CCCCCCCCCCCCCC(=O)OC[C@H](O)CCl. The van der Waals surface area contributed by atoms with Gasteiger partial charge in [0.2, 0.25) is 0 Å². The van der Waals surface area contributed by atoms with Crippen molar-refractivity contribution in [1.82, 2.24) is 0 Å². The van der Waals surface area contributed by atoms with Gasteiger partial charge in [0, 0.05) is 6.42 Å². The molecule has 0 bridgehead atoms. The molecule has 21 heavy (non-hydrogen) atoms. The molecular formula is C17H33ClO3. The number of hydrogen-bond acceptors (Lipinski definition) is 3. The molecule has 1 atom stereocenters. The lowest BCUT2D eigenvalue weighted by atomic mass is 10.1. The fourth-order valence-electron chi connectivity index (χ4n) is 2.24. The molecule has 0 rings (SSSR count). The Labute approximate surface area is 135 Å². The molecule has 0 radical (unpaired) electrons. The molecule has 0 aromatic rings. The molecule has 0 aliphatic heterocycles. The van der Waals surface area contributed by atoms with E-state index in [-0.39, 0.29) is 18.5 Å². The highest BCUT2D eigenvalue weighted by atomic mass is 35.5. The molecule has 0 saturated carbocycles. The van der Waals surface area contributed by atoms with Gasteiger partial charge in [0.05, 0.1) is 5.88 Å². The Hall–Kier alpha value is -0.280. The standard InChI is InChI=1S/C17H33ClO3/c1-2-3-4-5-6-7-8-9-10-11-12-13-17(20)21-15-16(19)14-18/h16,19H,2-15H2,1H3/t16-/m1/s1. The summed E-state index contributed by atoms with van der Waals surface area (Å²) in [7, 11) is 0. The first-order valence-corrected chi connectivity index (χ1v) is 9.13. The van der Waals surface area contributed by atoms with Gasteiger partial charge in [-0.05, 0) is 6.42 Å². The third-order valence-electron chi connectivity index (χ3n) is 3.60. The third-order valence-corrected chi connectivity index (χ3v) is 3.96. The van der Waals surface area contributed by atoms with Crippen LogP contribution in [0, 0.1) is 0 Å². The lowest BCUT2D eigenvalue weighted by molar-refractivity contribution is -0.146. The third kappa shape index (κ3) is 15.9. The number of alkyl halides is 1. The average Bonchev–Trinajstić information content (AvgIpc) is 2.50. The zero-order chi connectivity index (χ0) is 15.8. The van der Waals surface area contributed by atoms with Gasteiger partial charge in [-0.25, -0.2) is 0 Å². The second kappa shape index (κ2) is 16.1. The van der Waals surface area contributed by atoms with Crippen molar-refractivity contribution in [3.8, 4) is 0 Å². The first kappa shape index (κ1) is 20.7. The van der Waals surface area contributed by atoms with Gasteiger partial charge in [0.1, 0.15) is 12.7 Å². The molecule has 0 spiro atoms. The predicted molar refractivity (Wildman–Crippen MR) is 88.8 cm³/mol.